The van der Waals surface area contributed by atoms with Crippen LogP contribution in [0.1, 0.15) is 5.56 Å². The van der Waals surface area contributed by atoms with Crippen molar-refractivity contribution in [1.29, 1.82) is 0 Å². The fourth-order valence-corrected chi connectivity index (χ4v) is 2.52. The van der Waals surface area contributed by atoms with Gasteiger partial charge in [0, 0.05) is 12.0 Å². The van der Waals surface area contributed by atoms with Crippen molar-refractivity contribution >= 4 is 18.0 Å². The number of benzene rings is 1. The van der Waals surface area contributed by atoms with Crippen LogP contribution in [0, 0.1) is 5.82 Å². The number of hydrogen-bond donors (Lipinski definition) is 0. The SMILES string of the molecule is Fc1ccc(C2(C(F)(F)F)N=CCS2)cc1. The number of aliphatic imine (C=N–C) groups is 1. The number of nitrogens with zero attached hydrogens (tertiary/aromatic N) is 1. The lowest BCUT2D eigenvalue weighted by molar-refractivity contribution is -0.159. The molecule has 0 bridgehead atoms. The number of alkyl halides is 3. The molecule has 1 aliphatic rings. The molecule has 1 aliphatic heterocycles. The van der Waals surface area contributed by atoms with Gasteiger partial charge >= 0.3 is 6.18 Å². The van der Waals surface area contributed by atoms with E-state index >= 15 is 0 Å². The first kappa shape index (κ1) is 11.4. The predicted molar refractivity (Wildman–Crippen MR) is 55.1 cm³/mol. The molecule has 86 valence electrons. The normalized spacial score (nSPS) is 25.0. The molecule has 1 atom stereocenters. The molecule has 0 saturated carbocycles. The Balaban J connectivity index is 2.49. The van der Waals surface area contributed by atoms with Crippen LogP contribution in [0.4, 0.5) is 17.6 Å². The molecule has 0 saturated heterocycles. The zero-order valence-electron chi connectivity index (χ0n) is 7.96. The van der Waals surface area contributed by atoms with Gasteiger partial charge in [0.15, 0.2) is 0 Å². The molecule has 1 aromatic carbocycles. The van der Waals surface area contributed by atoms with Crippen LogP contribution in [0.2, 0.25) is 0 Å². The maximum absolute atomic E-state index is 13.0. The molecular formula is C10H7F4NS. The van der Waals surface area contributed by atoms with Crippen LogP contribution >= 0.6 is 11.8 Å². The highest BCUT2D eigenvalue weighted by molar-refractivity contribution is 8.01. The summed E-state index contributed by atoms with van der Waals surface area (Å²) < 4.78 is 51.6. The Morgan fingerprint density at radius 1 is 1.19 bits per heavy atom. The highest BCUT2D eigenvalue weighted by Gasteiger charge is 2.58. The van der Waals surface area contributed by atoms with E-state index in [1.807, 2.05) is 0 Å². The van der Waals surface area contributed by atoms with Gasteiger partial charge in [0.1, 0.15) is 5.82 Å². The van der Waals surface area contributed by atoms with Crippen LogP contribution < -0.4 is 0 Å². The van der Waals surface area contributed by atoms with Crippen molar-refractivity contribution in [2.45, 2.75) is 11.0 Å². The average Bonchev–Trinajstić information content (AvgIpc) is 2.68. The van der Waals surface area contributed by atoms with Gasteiger partial charge in [0.2, 0.25) is 4.87 Å². The first-order valence-electron chi connectivity index (χ1n) is 4.46. The molecule has 0 aromatic heterocycles. The van der Waals surface area contributed by atoms with Crippen molar-refractivity contribution < 1.29 is 17.6 Å². The molecule has 1 aromatic rings. The van der Waals surface area contributed by atoms with Crippen LogP contribution in [0.15, 0.2) is 29.3 Å². The van der Waals surface area contributed by atoms with Gasteiger partial charge in [-0.05, 0) is 17.7 Å². The third kappa shape index (κ3) is 1.71. The number of hydrogen-bond acceptors (Lipinski definition) is 2. The standard InChI is InChI=1S/C10H7F4NS/c11-8-3-1-7(2-4-8)9(10(12,13)14)15-5-6-16-9/h1-5H,6H2. The minimum Gasteiger partial charge on any atom is -0.265 e. The van der Waals surface area contributed by atoms with Crippen LogP contribution in [-0.2, 0) is 4.87 Å². The van der Waals surface area contributed by atoms with E-state index in [0.29, 0.717) is 11.8 Å². The third-order valence-electron chi connectivity index (χ3n) is 2.26. The van der Waals surface area contributed by atoms with Crippen molar-refractivity contribution in [3.63, 3.8) is 0 Å². The summed E-state index contributed by atoms with van der Waals surface area (Å²) in [5.41, 5.74) is -0.0415. The average molecular weight is 249 g/mol. The molecule has 1 nitrogen and oxygen atoms in total. The monoisotopic (exact) mass is 249 g/mol. The van der Waals surface area contributed by atoms with E-state index in [9.17, 15) is 17.6 Å². The summed E-state index contributed by atoms with van der Waals surface area (Å²) >= 11 is 0.686. The Bertz CT molecular complexity index is 412. The zero-order valence-corrected chi connectivity index (χ0v) is 8.78. The number of halogens is 4. The summed E-state index contributed by atoms with van der Waals surface area (Å²) in [6.07, 6.45) is -3.25. The molecular weight excluding hydrogens is 242 g/mol. The summed E-state index contributed by atoms with van der Waals surface area (Å²) in [6.45, 7) is 0. The van der Waals surface area contributed by atoms with Crippen molar-refractivity contribution in [3.05, 3.63) is 35.6 Å². The second-order valence-corrected chi connectivity index (χ2v) is 4.48. The fraction of sp³-hybridized carbons (Fsp3) is 0.300. The highest BCUT2D eigenvalue weighted by atomic mass is 32.2. The topological polar surface area (TPSA) is 12.4 Å². The molecule has 2 rings (SSSR count). The van der Waals surface area contributed by atoms with Crippen molar-refractivity contribution in [2.24, 2.45) is 4.99 Å². The number of thioether (sulfide) groups is 1. The molecule has 0 spiro atoms. The Labute approximate surface area is 93.6 Å². The molecule has 0 N–H and O–H groups in total. The van der Waals surface area contributed by atoms with Crippen LogP contribution in [0.3, 0.4) is 0 Å². The van der Waals surface area contributed by atoms with Crippen LogP contribution in [0.5, 0.6) is 0 Å². The Hall–Kier alpha value is -1.04. The van der Waals surface area contributed by atoms with E-state index < -0.39 is 16.9 Å². The summed E-state index contributed by atoms with van der Waals surface area (Å²) in [5, 5.41) is 0. The summed E-state index contributed by atoms with van der Waals surface area (Å²) in [6, 6.07) is 4.27. The molecule has 0 amide bonds. The van der Waals surface area contributed by atoms with Gasteiger partial charge < -0.3 is 0 Å². The lowest BCUT2D eigenvalue weighted by Crippen LogP contribution is -2.36. The largest absolute Gasteiger partial charge is 0.427 e. The zero-order chi connectivity index (χ0) is 11.8. The van der Waals surface area contributed by atoms with Crippen LogP contribution in [0.25, 0.3) is 0 Å². The molecule has 6 heteroatoms. The van der Waals surface area contributed by atoms with Gasteiger partial charge in [-0.25, -0.2) is 4.39 Å². The lowest BCUT2D eigenvalue weighted by atomic mass is 10.1. The second kappa shape index (κ2) is 3.76. The minimum atomic E-state index is -4.48. The molecule has 0 fully saturated rings. The van der Waals surface area contributed by atoms with E-state index in [-0.39, 0.29) is 11.3 Å². The summed E-state index contributed by atoms with van der Waals surface area (Å²) in [4.78, 5) is 1.27. The summed E-state index contributed by atoms with van der Waals surface area (Å²) in [5.74, 6) is -0.357. The van der Waals surface area contributed by atoms with Gasteiger partial charge in [-0.3, -0.25) is 4.99 Å². The van der Waals surface area contributed by atoms with E-state index in [1.165, 1.54) is 6.21 Å². The van der Waals surface area contributed by atoms with Gasteiger partial charge in [0.05, 0.1) is 0 Å². The van der Waals surface area contributed by atoms with Crippen molar-refractivity contribution in [3.8, 4) is 0 Å². The highest BCUT2D eigenvalue weighted by Crippen LogP contribution is 2.52. The van der Waals surface area contributed by atoms with Crippen molar-refractivity contribution in [1.82, 2.24) is 0 Å². The van der Waals surface area contributed by atoms with E-state index in [2.05, 4.69) is 4.99 Å². The lowest BCUT2D eigenvalue weighted by Gasteiger charge is -2.28. The molecule has 0 aliphatic carbocycles. The maximum atomic E-state index is 13.0. The van der Waals surface area contributed by atoms with Crippen molar-refractivity contribution in [2.75, 3.05) is 5.75 Å². The molecule has 0 radical (unpaired) electrons. The smallest absolute Gasteiger partial charge is 0.265 e. The Kier molecular flexibility index (Phi) is 2.69. The first-order valence-corrected chi connectivity index (χ1v) is 5.45. The van der Waals surface area contributed by atoms with E-state index in [0.717, 1.165) is 24.3 Å². The molecule has 1 unspecified atom stereocenters. The Morgan fingerprint density at radius 3 is 2.25 bits per heavy atom. The number of rotatable bonds is 1. The van der Waals surface area contributed by atoms with Gasteiger partial charge in [-0.15, -0.1) is 11.8 Å². The minimum absolute atomic E-state index is 0.0415. The van der Waals surface area contributed by atoms with E-state index in [1.54, 1.807) is 0 Å². The Morgan fingerprint density at radius 2 is 1.81 bits per heavy atom. The molecule has 16 heavy (non-hydrogen) atoms. The second-order valence-electron chi connectivity index (χ2n) is 3.27. The quantitative estimate of drug-likeness (QED) is 0.695. The van der Waals surface area contributed by atoms with Gasteiger partial charge in [0.25, 0.3) is 0 Å². The predicted octanol–water partition coefficient (Wildman–Crippen LogP) is 3.36. The van der Waals surface area contributed by atoms with Gasteiger partial charge in [-0.1, -0.05) is 12.1 Å². The third-order valence-corrected chi connectivity index (χ3v) is 3.57. The maximum Gasteiger partial charge on any atom is 0.427 e. The molecule has 1 heterocycles. The van der Waals surface area contributed by atoms with Gasteiger partial charge in [-0.2, -0.15) is 13.2 Å². The fourth-order valence-electron chi connectivity index (χ4n) is 1.51. The first-order chi connectivity index (χ1) is 7.46. The summed E-state index contributed by atoms with van der Waals surface area (Å²) in [7, 11) is 0. The van der Waals surface area contributed by atoms with E-state index in [4.69, 9.17) is 0 Å². The van der Waals surface area contributed by atoms with Crippen LogP contribution in [-0.4, -0.2) is 18.1 Å².